The number of rotatable bonds is 7. The van der Waals surface area contributed by atoms with Crippen LogP contribution in [0.5, 0.6) is 0 Å². The average molecular weight is 435 g/mol. The summed E-state index contributed by atoms with van der Waals surface area (Å²) >= 11 is 6.09. The van der Waals surface area contributed by atoms with E-state index >= 15 is 0 Å². The number of morpholine rings is 1. The van der Waals surface area contributed by atoms with Gasteiger partial charge in [-0.25, -0.2) is 0 Å². The molecule has 160 valence electrons. The zero-order chi connectivity index (χ0) is 21.5. The largest absolute Gasteiger partial charge is 0.379 e. The Morgan fingerprint density at radius 1 is 0.839 bits per heavy atom. The van der Waals surface area contributed by atoms with E-state index in [0.29, 0.717) is 24.8 Å². The number of ether oxygens (including phenoxy) is 1. The van der Waals surface area contributed by atoms with Crippen molar-refractivity contribution >= 4 is 17.5 Å². The van der Waals surface area contributed by atoms with Crippen LogP contribution in [0.25, 0.3) is 0 Å². The van der Waals surface area contributed by atoms with Gasteiger partial charge < -0.3 is 10.1 Å². The number of benzene rings is 3. The molecule has 1 N–H and O–H groups in total. The number of hydrogen-bond donors (Lipinski definition) is 1. The molecule has 0 bridgehead atoms. The summed E-state index contributed by atoms with van der Waals surface area (Å²) in [6.45, 7) is 3.24. The van der Waals surface area contributed by atoms with E-state index in [1.807, 2.05) is 60.7 Å². The van der Waals surface area contributed by atoms with Gasteiger partial charge in [0.1, 0.15) is 6.04 Å². The molecule has 1 atom stereocenters. The van der Waals surface area contributed by atoms with Crippen LogP contribution in [-0.2, 0) is 9.53 Å². The van der Waals surface area contributed by atoms with Crippen LogP contribution in [0.1, 0.15) is 28.7 Å². The van der Waals surface area contributed by atoms with E-state index in [-0.39, 0.29) is 17.9 Å². The molecule has 0 aromatic heterocycles. The zero-order valence-corrected chi connectivity index (χ0v) is 18.2. The van der Waals surface area contributed by atoms with Crippen molar-refractivity contribution in [3.8, 4) is 0 Å². The standard InChI is InChI=1S/C26H27ClN2O2/c27-23-13-11-22(12-14-23)25(29-15-17-31-18-16-29)26(30)28-19-24(20-7-3-1-4-8-20)21-9-5-2-6-10-21/h1-14,24-25H,15-19H2,(H,28,30). The molecule has 1 amide bonds. The van der Waals surface area contributed by atoms with E-state index in [1.165, 1.54) is 11.1 Å². The summed E-state index contributed by atoms with van der Waals surface area (Å²) in [5.41, 5.74) is 3.31. The van der Waals surface area contributed by atoms with Crippen LogP contribution in [0.15, 0.2) is 84.9 Å². The average Bonchev–Trinajstić information content (AvgIpc) is 2.83. The van der Waals surface area contributed by atoms with E-state index in [9.17, 15) is 4.79 Å². The molecule has 0 spiro atoms. The normalized spacial score (nSPS) is 15.5. The maximum Gasteiger partial charge on any atom is 0.241 e. The molecule has 3 aromatic rings. The number of amides is 1. The van der Waals surface area contributed by atoms with Gasteiger partial charge in [-0.1, -0.05) is 84.4 Å². The maximum absolute atomic E-state index is 13.5. The summed E-state index contributed by atoms with van der Waals surface area (Å²) < 4.78 is 5.50. The number of halogens is 1. The third-order valence-electron chi connectivity index (χ3n) is 5.73. The molecular formula is C26H27ClN2O2. The van der Waals surface area contributed by atoms with E-state index in [4.69, 9.17) is 16.3 Å². The zero-order valence-electron chi connectivity index (χ0n) is 17.4. The van der Waals surface area contributed by atoms with Crippen LogP contribution in [0.4, 0.5) is 0 Å². The predicted molar refractivity (Wildman–Crippen MR) is 124 cm³/mol. The van der Waals surface area contributed by atoms with Gasteiger partial charge in [-0.3, -0.25) is 9.69 Å². The Labute approximate surface area is 188 Å². The highest BCUT2D eigenvalue weighted by Gasteiger charge is 2.29. The van der Waals surface area contributed by atoms with Crippen molar-refractivity contribution in [2.24, 2.45) is 0 Å². The minimum Gasteiger partial charge on any atom is -0.379 e. The molecule has 1 heterocycles. The summed E-state index contributed by atoms with van der Waals surface area (Å²) in [6.07, 6.45) is 0. The molecule has 4 nitrogen and oxygen atoms in total. The molecular weight excluding hydrogens is 408 g/mol. The number of carbonyl (C=O) groups excluding carboxylic acids is 1. The highest BCUT2D eigenvalue weighted by molar-refractivity contribution is 6.30. The fourth-order valence-electron chi connectivity index (χ4n) is 4.11. The first-order valence-corrected chi connectivity index (χ1v) is 11.0. The first-order chi connectivity index (χ1) is 15.2. The van der Waals surface area contributed by atoms with Crippen molar-refractivity contribution in [1.29, 1.82) is 0 Å². The van der Waals surface area contributed by atoms with E-state index in [1.54, 1.807) is 0 Å². The van der Waals surface area contributed by atoms with Crippen molar-refractivity contribution in [3.63, 3.8) is 0 Å². The monoisotopic (exact) mass is 434 g/mol. The molecule has 1 saturated heterocycles. The third-order valence-corrected chi connectivity index (χ3v) is 5.98. The lowest BCUT2D eigenvalue weighted by atomic mass is 9.91. The first kappa shape index (κ1) is 21.6. The van der Waals surface area contributed by atoms with Gasteiger partial charge in [-0.15, -0.1) is 0 Å². The quantitative estimate of drug-likeness (QED) is 0.588. The van der Waals surface area contributed by atoms with Crippen LogP contribution in [-0.4, -0.2) is 43.7 Å². The summed E-state index contributed by atoms with van der Waals surface area (Å²) in [5.74, 6) is 0.0861. The molecule has 1 aliphatic heterocycles. The molecule has 0 aliphatic carbocycles. The second-order valence-electron chi connectivity index (χ2n) is 7.72. The van der Waals surface area contributed by atoms with Gasteiger partial charge in [0.25, 0.3) is 0 Å². The fraction of sp³-hybridized carbons (Fsp3) is 0.269. The van der Waals surface area contributed by atoms with Crippen molar-refractivity contribution in [2.45, 2.75) is 12.0 Å². The molecule has 1 unspecified atom stereocenters. The maximum atomic E-state index is 13.5. The molecule has 4 rings (SSSR count). The second-order valence-corrected chi connectivity index (χ2v) is 8.16. The predicted octanol–water partition coefficient (Wildman–Crippen LogP) is 4.66. The molecule has 5 heteroatoms. The van der Waals surface area contributed by atoms with Crippen molar-refractivity contribution in [2.75, 3.05) is 32.8 Å². The SMILES string of the molecule is O=C(NCC(c1ccccc1)c1ccccc1)C(c1ccc(Cl)cc1)N1CCOCC1. The Bertz CT molecular complexity index is 918. The Kier molecular flexibility index (Phi) is 7.36. The lowest BCUT2D eigenvalue weighted by Crippen LogP contribution is -2.46. The lowest BCUT2D eigenvalue weighted by molar-refractivity contribution is -0.128. The van der Waals surface area contributed by atoms with Crippen molar-refractivity contribution in [3.05, 3.63) is 107 Å². The summed E-state index contributed by atoms with van der Waals surface area (Å²) in [4.78, 5) is 15.7. The number of hydrogen-bond acceptors (Lipinski definition) is 3. The van der Waals surface area contributed by atoms with Gasteiger partial charge in [-0.2, -0.15) is 0 Å². The first-order valence-electron chi connectivity index (χ1n) is 10.7. The summed E-state index contributed by atoms with van der Waals surface area (Å²) in [5, 5.41) is 3.90. The van der Waals surface area contributed by atoms with Crippen LogP contribution >= 0.6 is 11.6 Å². The molecule has 31 heavy (non-hydrogen) atoms. The van der Waals surface area contributed by atoms with Gasteiger partial charge >= 0.3 is 0 Å². The van der Waals surface area contributed by atoms with E-state index in [0.717, 1.165) is 18.7 Å². The summed E-state index contributed by atoms with van der Waals surface area (Å²) in [7, 11) is 0. The Morgan fingerprint density at radius 2 is 1.39 bits per heavy atom. The van der Waals surface area contributed by atoms with Gasteiger partial charge in [0.2, 0.25) is 5.91 Å². The Balaban J connectivity index is 1.56. The lowest BCUT2D eigenvalue weighted by Gasteiger charge is -2.34. The van der Waals surface area contributed by atoms with Crippen LogP contribution < -0.4 is 5.32 Å². The van der Waals surface area contributed by atoms with E-state index in [2.05, 4.69) is 34.5 Å². The van der Waals surface area contributed by atoms with Gasteiger partial charge in [0, 0.05) is 30.6 Å². The van der Waals surface area contributed by atoms with Crippen molar-refractivity contribution < 1.29 is 9.53 Å². The van der Waals surface area contributed by atoms with Gasteiger partial charge in [0.15, 0.2) is 0 Å². The van der Waals surface area contributed by atoms with Gasteiger partial charge in [0.05, 0.1) is 13.2 Å². The second kappa shape index (κ2) is 10.6. The van der Waals surface area contributed by atoms with Gasteiger partial charge in [-0.05, 0) is 28.8 Å². The fourth-order valence-corrected chi connectivity index (χ4v) is 4.23. The minimum atomic E-state index is -0.367. The highest BCUT2D eigenvalue weighted by atomic mass is 35.5. The molecule has 1 aliphatic rings. The summed E-state index contributed by atoms with van der Waals surface area (Å²) in [6, 6.07) is 27.8. The van der Waals surface area contributed by atoms with E-state index < -0.39 is 0 Å². The topological polar surface area (TPSA) is 41.6 Å². The Hall–Kier alpha value is -2.66. The molecule has 0 saturated carbocycles. The number of nitrogens with zero attached hydrogens (tertiary/aromatic N) is 1. The van der Waals surface area contributed by atoms with Crippen molar-refractivity contribution in [1.82, 2.24) is 10.2 Å². The highest BCUT2D eigenvalue weighted by Crippen LogP contribution is 2.26. The van der Waals surface area contributed by atoms with Crippen LogP contribution in [0.3, 0.4) is 0 Å². The third kappa shape index (κ3) is 5.53. The molecule has 1 fully saturated rings. The van der Waals surface area contributed by atoms with Crippen LogP contribution in [0, 0.1) is 0 Å². The minimum absolute atomic E-state index is 0.00100. The smallest absolute Gasteiger partial charge is 0.241 e. The molecule has 0 radical (unpaired) electrons. The number of carbonyl (C=O) groups is 1. The Morgan fingerprint density at radius 3 is 1.94 bits per heavy atom. The molecule has 3 aromatic carbocycles. The van der Waals surface area contributed by atoms with Crippen LogP contribution in [0.2, 0.25) is 5.02 Å². The number of nitrogens with one attached hydrogen (secondary N) is 1.